The van der Waals surface area contributed by atoms with Gasteiger partial charge in [0.25, 0.3) is 0 Å². The minimum atomic E-state index is -3.39. The predicted molar refractivity (Wildman–Crippen MR) is 83.5 cm³/mol. The van der Waals surface area contributed by atoms with Gasteiger partial charge in [-0.3, -0.25) is 0 Å². The average Bonchev–Trinajstić information content (AvgIpc) is 2.45. The Morgan fingerprint density at radius 1 is 1.10 bits per heavy atom. The number of carbonyl (C=O) groups excluding carboxylic acids is 1. The van der Waals surface area contributed by atoms with Crippen molar-refractivity contribution in [1.82, 2.24) is 9.80 Å². The molecular weight excluding hydrogens is 336 g/mol. The first-order valence-electron chi connectivity index (χ1n) is 6.47. The van der Waals surface area contributed by atoms with Gasteiger partial charge in [0, 0.05) is 42.4 Å². The normalized spacial score (nSPS) is 27.5. The molecule has 120 valence electrons. The van der Waals surface area contributed by atoms with E-state index in [1.54, 1.807) is 0 Å². The number of sulfone groups is 1. The van der Waals surface area contributed by atoms with E-state index in [1.165, 1.54) is 33.3 Å². The van der Waals surface area contributed by atoms with E-state index >= 15 is 0 Å². The van der Waals surface area contributed by atoms with Gasteiger partial charge in [-0.15, -0.1) is 0 Å². The third-order valence-electron chi connectivity index (χ3n) is 3.48. The summed E-state index contributed by atoms with van der Waals surface area (Å²) in [5.41, 5.74) is 0. The molecule has 1 N–H and O–H groups in total. The third-order valence-corrected chi connectivity index (χ3v) is 7.15. The lowest BCUT2D eigenvalue weighted by Gasteiger charge is -2.40. The molecule has 2 atom stereocenters. The third kappa shape index (κ3) is 3.78. The molecule has 2 aliphatic rings. The van der Waals surface area contributed by atoms with Crippen molar-refractivity contribution >= 4 is 45.4 Å². The van der Waals surface area contributed by atoms with E-state index < -0.39 is 33.3 Å². The van der Waals surface area contributed by atoms with Gasteiger partial charge in [0.2, 0.25) is 0 Å². The van der Waals surface area contributed by atoms with Crippen molar-refractivity contribution in [3.8, 4) is 0 Å². The Morgan fingerprint density at radius 2 is 1.67 bits per heavy atom. The van der Waals surface area contributed by atoms with Crippen molar-refractivity contribution in [2.45, 2.75) is 11.4 Å². The van der Waals surface area contributed by atoms with E-state index in [-0.39, 0.29) is 0 Å². The quantitative estimate of drug-likeness (QED) is 0.747. The van der Waals surface area contributed by atoms with E-state index in [1.807, 2.05) is 0 Å². The highest BCUT2D eigenvalue weighted by Gasteiger charge is 2.40. The maximum absolute atomic E-state index is 12.6. The number of rotatable bonds is 2. The number of carboxylic acids is 1. The van der Waals surface area contributed by atoms with Crippen LogP contribution in [0.2, 0.25) is 0 Å². The highest BCUT2D eigenvalue weighted by molar-refractivity contribution is 8.01. The van der Waals surface area contributed by atoms with Gasteiger partial charge < -0.3 is 14.9 Å². The van der Waals surface area contributed by atoms with Crippen LogP contribution in [0.3, 0.4) is 0 Å². The Labute approximate surface area is 132 Å². The van der Waals surface area contributed by atoms with Crippen molar-refractivity contribution in [1.29, 1.82) is 0 Å². The lowest BCUT2D eigenvalue weighted by molar-refractivity contribution is -0.141. The Morgan fingerprint density at radius 3 is 2.24 bits per heavy atom. The van der Waals surface area contributed by atoms with Gasteiger partial charge in [0.1, 0.15) is 11.4 Å². The van der Waals surface area contributed by atoms with E-state index in [0.29, 0.717) is 36.1 Å². The van der Waals surface area contributed by atoms with Gasteiger partial charge in [0.15, 0.2) is 9.84 Å². The van der Waals surface area contributed by atoms with Crippen LogP contribution in [0.25, 0.3) is 0 Å². The van der Waals surface area contributed by atoms with Crippen LogP contribution in [-0.2, 0) is 14.6 Å². The maximum atomic E-state index is 12.6. The summed E-state index contributed by atoms with van der Waals surface area (Å²) in [5.74, 6) is 0.968. The number of amides is 2. The summed E-state index contributed by atoms with van der Waals surface area (Å²) in [5, 5.41) is 8.37. The first kappa shape index (κ1) is 16.8. The van der Waals surface area contributed by atoms with Crippen LogP contribution >= 0.6 is 23.5 Å². The van der Waals surface area contributed by atoms with Crippen LogP contribution in [0.5, 0.6) is 0 Å². The van der Waals surface area contributed by atoms with Gasteiger partial charge in [-0.25, -0.2) is 18.0 Å². The summed E-state index contributed by atoms with van der Waals surface area (Å²) in [4.78, 5) is 26.5. The molecule has 0 saturated carbocycles. The Balaban J connectivity index is 2.21. The number of carbonyl (C=O) groups is 2. The molecule has 10 heteroatoms. The molecule has 2 heterocycles. The molecular formula is C11H18N2O5S3. The average molecular weight is 354 g/mol. The predicted octanol–water partition coefficient (Wildman–Crippen LogP) is 0.0279. The van der Waals surface area contributed by atoms with Crippen molar-refractivity contribution in [3.05, 3.63) is 0 Å². The van der Waals surface area contributed by atoms with Crippen molar-refractivity contribution in [3.63, 3.8) is 0 Å². The summed E-state index contributed by atoms with van der Waals surface area (Å²) in [7, 11) is -3.39. The van der Waals surface area contributed by atoms with Crippen LogP contribution in [-0.4, -0.2) is 89.1 Å². The number of nitrogens with zero attached hydrogens (tertiary/aromatic N) is 2. The summed E-state index contributed by atoms with van der Waals surface area (Å²) >= 11 is 2.98. The molecule has 0 aliphatic carbocycles. The highest BCUT2D eigenvalue weighted by atomic mass is 32.2. The minimum Gasteiger partial charge on any atom is -0.480 e. The van der Waals surface area contributed by atoms with E-state index in [0.717, 1.165) is 6.26 Å². The summed E-state index contributed by atoms with van der Waals surface area (Å²) in [6.07, 6.45) is 1.12. The molecule has 2 rings (SSSR count). The molecule has 0 aromatic rings. The first-order chi connectivity index (χ1) is 9.82. The summed E-state index contributed by atoms with van der Waals surface area (Å²) in [6, 6.07) is -1.36. The SMILES string of the molecule is CS(=O)(=O)C1CSCCN1C(=O)N1CCSCC1C(=O)O. The Kier molecular flexibility index (Phi) is 5.31. The van der Waals surface area contributed by atoms with Crippen LogP contribution < -0.4 is 0 Å². The Bertz CT molecular complexity index is 524. The molecule has 0 radical (unpaired) electrons. The summed E-state index contributed by atoms with van der Waals surface area (Å²) < 4.78 is 23.7. The molecule has 0 aromatic carbocycles. The van der Waals surface area contributed by atoms with Crippen LogP contribution in [0, 0.1) is 0 Å². The van der Waals surface area contributed by atoms with Crippen molar-refractivity contribution in [2.75, 3.05) is 42.4 Å². The molecule has 2 amide bonds. The molecule has 2 unspecified atom stereocenters. The second kappa shape index (κ2) is 6.66. The topological polar surface area (TPSA) is 95.0 Å². The fraction of sp³-hybridized carbons (Fsp3) is 0.818. The number of aliphatic carboxylic acids is 1. The summed E-state index contributed by atoms with van der Waals surface area (Å²) in [6.45, 7) is 0.664. The molecule has 7 nitrogen and oxygen atoms in total. The van der Waals surface area contributed by atoms with Gasteiger partial charge >= 0.3 is 12.0 Å². The second-order valence-electron chi connectivity index (χ2n) is 4.96. The smallest absolute Gasteiger partial charge is 0.327 e. The lowest BCUT2D eigenvalue weighted by atomic mass is 10.3. The number of hydrogen-bond acceptors (Lipinski definition) is 6. The Hall–Kier alpha value is -0.610. The van der Waals surface area contributed by atoms with Gasteiger partial charge in [-0.2, -0.15) is 23.5 Å². The van der Waals surface area contributed by atoms with E-state index in [2.05, 4.69) is 0 Å². The lowest BCUT2D eigenvalue weighted by Crippen LogP contribution is -2.59. The molecule has 2 fully saturated rings. The van der Waals surface area contributed by atoms with Gasteiger partial charge in [0.05, 0.1) is 0 Å². The molecule has 0 aromatic heterocycles. The van der Waals surface area contributed by atoms with E-state index in [4.69, 9.17) is 0 Å². The number of urea groups is 1. The molecule has 2 saturated heterocycles. The highest BCUT2D eigenvalue weighted by Crippen LogP contribution is 2.24. The fourth-order valence-electron chi connectivity index (χ4n) is 2.36. The number of thioether (sulfide) groups is 2. The number of carboxylic acid groups (broad SMARTS) is 1. The largest absolute Gasteiger partial charge is 0.480 e. The second-order valence-corrected chi connectivity index (χ2v) is 9.46. The molecule has 2 aliphatic heterocycles. The zero-order chi connectivity index (χ0) is 15.6. The van der Waals surface area contributed by atoms with Gasteiger partial charge in [-0.05, 0) is 0 Å². The van der Waals surface area contributed by atoms with Crippen molar-refractivity contribution in [2.24, 2.45) is 0 Å². The van der Waals surface area contributed by atoms with Crippen molar-refractivity contribution < 1.29 is 23.1 Å². The fourth-order valence-corrected chi connectivity index (χ4v) is 6.20. The molecule has 21 heavy (non-hydrogen) atoms. The first-order valence-corrected chi connectivity index (χ1v) is 10.7. The zero-order valence-electron chi connectivity index (χ0n) is 11.6. The maximum Gasteiger partial charge on any atom is 0.327 e. The molecule has 0 bridgehead atoms. The number of hydrogen-bond donors (Lipinski definition) is 1. The standard InChI is InChI=1S/C11H18N2O5S3/c1-21(17,18)9-7-20-5-3-13(9)11(16)12-2-4-19-6-8(12)10(14)15/h8-9H,2-7H2,1H3,(H,14,15). The zero-order valence-corrected chi connectivity index (χ0v) is 14.0. The van der Waals surface area contributed by atoms with Crippen LogP contribution in [0.4, 0.5) is 4.79 Å². The van der Waals surface area contributed by atoms with Crippen LogP contribution in [0.15, 0.2) is 0 Å². The minimum absolute atomic E-state index is 0.331. The monoisotopic (exact) mass is 354 g/mol. The van der Waals surface area contributed by atoms with E-state index in [9.17, 15) is 23.1 Å². The van der Waals surface area contributed by atoms with Crippen LogP contribution in [0.1, 0.15) is 0 Å². The molecule has 0 spiro atoms. The van der Waals surface area contributed by atoms with Gasteiger partial charge in [-0.1, -0.05) is 0 Å².